The first kappa shape index (κ1) is 12.0. The average molecular weight is 303 g/mol. The second kappa shape index (κ2) is 4.44. The van der Waals surface area contributed by atoms with Crippen molar-refractivity contribution in [3.8, 4) is 17.0 Å². The molecular formula is C11H9BrF2N2O. The van der Waals surface area contributed by atoms with Gasteiger partial charge in [-0.3, -0.25) is 0 Å². The summed E-state index contributed by atoms with van der Waals surface area (Å²) >= 11 is 3.21. The lowest BCUT2D eigenvalue weighted by molar-refractivity contribution is 0.383. The Morgan fingerprint density at radius 2 is 2.00 bits per heavy atom. The van der Waals surface area contributed by atoms with E-state index >= 15 is 0 Å². The maximum absolute atomic E-state index is 13.8. The number of H-pyrrole nitrogens is 1. The topological polar surface area (TPSA) is 37.9 Å². The Morgan fingerprint density at radius 3 is 2.53 bits per heavy atom. The normalized spacial score (nSPS) is 10.6. The molecule has 90 valence electrons. The van der Waals surface area contributed by atoms with Crippen LogP contribution in [0.2, 0.25) is 0 Å². The molecule has 0 spiro atoms. The fourth-order valence-electron chi connectivity index (χ4n) is 1.51. The molecule has 0 aliphatic carbocycles. The highest BCUT2D eigenvalue weighted by atomic mass is 79.9. The van der Waals surface area contributed by atoms with Crippen LogP contribution in [0.1, 0.15) is 5.82 Å². The van der Waals surface area contributed by atoms with E-state index in [4.69, 9.17) is 4.74 Å². The summed E-state index contributed by atoms with van der Waals surface area (Å²) in [4.78, 5) is 6.95. The van der Waals surface area contributed by atoms with Crippen LogP contribution in [0.3, 0.4) is 0 Å². The van der Waals surface area contributed by atoms with Crippen molar-refractivity contribution in [2.24, 2.45) is 0 Å². The molecule has 0 aliphatic rings. The Balaban J connectivity index is 2.60. The molecule has 0 saturated carbocycles. The molecule has 6 heteroatoms. The summed E-state index contributed by atoms with van der Waals surface area (Å²) in [6, 6.07) is 2.07. The second-order valence-electron chi connectivity index (χ2n) is 3.45. The van der Waals surface area contributed by atoms with Gasteiger partial charge >= 0.3 is 0 Å². The summed E-state index contributed by atoms with van der Waals surface area (Å²) in [5, 5.41) is 0. The number of hydrogen-bond donors (Lipinski definition) is 1. The number of methoxy groups -OCH3 is 1. The third kappa shape index (κ3) is 2.17. The van der Waals surface area contributed by atoms with Crippen molar-refractivity contribution < 1.29 is 13.5 Å². The lowest BCUT2D eigenvalue weighted by Gasteiger charge is -2.05. The molecule has 0 atom stereocenters. The van der Waals surface area contributed by atoms with E-state index in [1.165, 1.54) is 7.11 Å². The smallest absolute Gasteiger partial charge is 0.165 e. The molecule has 2 rings (SSSR count). The molecule has 1 N–H and O–H groups in total. The van der Waals surface area contributed by atoms with Gasteiger partial charge in [0.25, 0.3) is 0 Å². The molecule has 0 amide bonds. The number of rotatable bonds is 2. The number of benzene rings is 1. The third-order valence-corrected chi connectivity index (χ3v) is 2.85. The standard InChI is InChI=1S/C11H9BrF2N2O/c1-5-15-10(11(12)16-5)6-3-8(14)9(17-2)4-7(6)13/h3-4H,1-2H3,(H,15,16). The zero-order valence-electron chi connectivity index (χ0n) is 9.14. The summed E-state index contributed by atoms with van der Waals surface area (Å²) in [7, 11) is 1.28. The van der Waals surface area contributed by atoms with Crippen molar-refractivity contribution >= 4 is 15.9 Å². The lowest BCUT2D eigenvalue weighted by Crippen LogP contribution is -1.93. The van der Waals surface area contributed by atoms with Gasteiger partial charge in [-0.2, -0.15) is 0 Å². The van der Waals surface area contributed by atoms with E-state index in [0.29, 0.717) is 16.1 Å². The minimum absolute atomic E-state index is 0.0829. The van der Waals surface area contributed by atoms with E-state index in [2.05, 4.69) is 25.9 Å². The highest BCUT2D eigenvalue weighted by molar-refractivity contribution is 9.10. The highest BCUT2D eigenvalue weighted by Crippen LogP contribution is 2.31. The summed E-state index contributed by atoms with van der Waals surface area (Å²) in [5.41, 5.74) is 0.418. The van der Waals surface area contributed by atoms with Gasteiger partial charge in [0.2, 0.25) is 0 Å². The van der Waals surface area contributed by atoms with Crippen LogP contribution in [0.25, 0.3) is 11.3 Å². The number of nitrogens with one attached hydrogen (secondary N) is 1. The van der Waals surface area contributed by atoms with E-state index in [9.17, 15) is 8.78 Å². The zero-order chi connectivity index (χ0) is 12.6. The monoisotopic (exact) mass is 302 g/mol. The van der Waals surface area contributed by atoms with E-state index in [0.717, 1.165) is 12.1 Å². The minimum Gasteiger partial charge on any atom is -0.494 e. The van der Waals surface area contributed by atoms with Gasteiger partial charge in [-0.25, -0.2) is 13.8 Å². The zero-order valence-corrected chi connectivity index (χ0v) is 10.7. The molecule has 0 fully saturated rings. The molecule has 1 aromatic heterocycles. The highest BCUT2D eigenvalue weighted by Gasteiger charge is 2.16. The number of ether oxygens (including phenoxy) is 1. The quantitative estimate of drug-likeness (QED) is 0.923. The fraction of sp³-hybridized carbons (Fsp3) is 0.182. The Bertz CT molecular complexity index is 569. The van der Waals surface area contributed by atoms with Crippen LogP contribution in [0.4, 0.5) is 8.78 Å². The average Bonchev–Trinajstić information content (AvgIpc) is 2.60. The van der Waals surface area contributed by atoms with E-state index in [1.807, 2.05) is 0 Å². The van der Waals surface area contributed by atoms with Gasteiger partial charge in [0.15, 0.2) is 11.6 Å². The molecule has 0 saturated heterocycles. The van der Waals surface area contributed by atoms with Crippen LogP contribution in [-0.2, 0) is 0 Å². The summed E-state index contributed by atoms with van der Waals surface area (Å²) < 4.78 is 32.5. The van der Waals surface area contributed by atoms with E-state index < -0.39 is 11.6 Å². The molecule has 3 nitrogen and oxygen atoms in total. The number of imidazole rings is 1. The van der Waals surface area contributed by atoms with Crippen molar-refractivity contribution in [2.75, 3.05) is 7.11 Å². The largest absolute Gasteiger partial charge is 0.494 e. The van der Waals surface area contributed by atoms with Crippen LogP contribution in [0, 0.1) is 18.6 Å². The maximum atomic E-state index is 13.8. The Kier molecular flexibility index (Phi) is 3.15. The number of aromatic amines is 1. The van der Waals surface area contributed by atoms with Gasteiger partial charge in [-0.05, 0) is 28.9 Å². The molecule has 1 aromatic carbocycles. The Labute approximate surface area is 105 Å². The summed E-state index contributed by atoms with van der Waals surface area (Å²) in [5.74, 6) is -0.732. The Hall–Kier alpha value is -1.43. The van der Waals surface area contributed by atoms with Gasteiger partial charge in [0.1, 0.15) is 21.9 Å². The molecule has 0 unspecified atom stereocenters. The van der Waals surface area contributed by atoms with Crippen molar-refractivity contribution in [1.29, 1.82) is 0 Å². The first-order valence-electron chi connectivity index (χ1n) is 4.78. The molecule has 2 aromatic rings. The molecule has 17 heavy (non-hydrogen) atoms. The number of aromatic nitrogens is 2. The lowest BCUT2D eigenvalue weighted by atomic mass is 10.1. The third-order valence-electron chi connectivity index (χ3n) is 2.27. The second-order valence-corrected chi connectivity index (χ2v) is 4.24. The fourth-order valence-corrected chi connectivity index (χ4v) is 2.10. The van der Waals surface area contributed by atoms with Crippen LogP contribution in [-0.4, -0.2) is 17.1 Å². The van der Waals surface area contributed by atoms with E-state index in [-0.39, 0.29) is 11.3 Å². The minimum atomic E-state index is -0.628. The predicted octanol–water partition coefficient (Wildman–Crippen LogP) is 3.43. The molecule has 0 aliphatic heterocycles. The maximum Gasteiger partial charge on any atom is 0.165 e. The van der Waals surface area contributed by atoms with Crippen LogP contribution >= 0.6 is 15.9 Å². The van der Waals surface area contributed by atoms with Crippen LogP contribution < -0.4 is 4.74 Å². The van der Waals surface area contributed by atoms with Crippen molar-refractivity contribution in [3.05, 3.63) is 34.2 Å². The van der Waals surface area contributed by atoms with Gasteiger partial charge < -0.3 is 9.72 Å². The molecule has 1 heterocycles. The van der Waals surface area contributed by atoms with Crippen molar-refractivity contribution in [2.45, 2.75) is 6.92 Å². The van der Waals surface area contributed by atoms with Crippen LogP contribution in [0.15, 0.2) is 16.7 Å². The number of aryl methyl sites for hydroxylation is 1. The van der Waals surface area contributed by atoms with Gasteiger partial charge in [-0.15, -0.1) is 0 Å². The first-order chi connectivity index (χ1) is 8.02. The molecule has 0 bridgehead atoms. The number of hydrogen-bond acceptors (Lipinski definition) is 2. The molecule has 0 radical (unpaired) electrons. The number of nitrogens with zero attached hydrogens (tertiary/aromatic N) is 1. The first-order valence-corrected chi connectivity index (χ1v) is 5.57. The SMILES string of the molecule is COc1cc(F)c(-c2nc(C)[nH]c2Br)cc1F. The summed E-state index contributed by atoms with van der Waals surface area (Å²) in [6.07, 6.45) is 0. The Morgan fingerprint density at radius 1 is 1.29 bits per heavy atom. The van der Waals surface area contributed by atoms with Gasteiger partial charge in [0, 0.05) is 11.6 Å². The van der Waals surface area contributed by atoms with Crippen molar-refractivity contribution in [3.63, 3.8) is 0 Å². The van der Waals surface area contributed by atoms with Crippen molar-refractivity contribution in [1.82, 2.24) is 9.97 Å². The van der Waals surface area contributed by atoms with E-state index in [1.54, 1.807) is 6.92 Å². The van der Waals surface area contributed by atoms with Gasteiger partial charge in [-0.1, -0.05) is 0 Å². The van der Waals surface area contributed by atoms with Crippen LogP contribution in [0.5, 0.6) is 5.75 Å². The number of halogens is 3. The van der Waals surface area contributed by atoms with Gasteiger partial charge in [0.05, 0.1) is 7.11 Å². The summed E-state index contributed by atoms with van der Waals surface area (Å²) in [6.45, 7) is 1.73. The predicted molar refractivity (Wildman–Crippen MR) is 62.9 cm³/mol. The molecular weight excluding hydrogens is 294 g/mol.